The maximum absolute atomic E-state index is 12.3. The van der Waals surface area contributed by atoms with Crippen LogP contribution in [0.1, 0.15) is 31.7 Å². The number of carbonyl (C=O) groups is 2. The third kappa shape index (κ3) is 7.28. The fourth-order valence-electron chi connectivity index (χ4n) is 3.21. The summed E-state index contributed by atoms with van der Waals surface area (Å²) in [5.41, 5.74) is 2.08. The zero-order valence-corrected chi connectivity index (χ0v) is 16.5. The van der Waals surface area contributed by atoms with Gasteiger partial charge in [0.25, 0.3) is 0 Å². The van der Waals surface area contributed by atoms with Gasteiger partial charge in [-0.2, -0.15) is 0 Å². The summed E-state index contributed by atoms with van der Waals surface area (Å²) in [6, 6.07) is 8.02. The van der Waals surface area contributed by atoms with Gasteiger partial charge in [0.1, 0.15) is 0 Å². The van der Waals surface area contributed by atoms with Crippen LogP contribution in [0, 0.1) is 0 Å². The smallest absolute Gasteiger partial charge is 0.317 e. The number of ether oxygens (including phenoxy) is 1. The van der Waals surface area contributed by atoms with Gasteiger partial charge in [0.05, 0.1) is 25.8 Å². The van der Waals surface area contributed by atoms with E-state index in [1.807, 2.05) is 17.0 Å². The summed E-state index contributed by atoms with van der Waals surface area (Å²) >= 11 is 0. The molecular formula is C20H31N3O4. The van der Waals surface area contributed by atoms with E-state index in [-0.39, 0.29) is 18.6 Å². The number of amides is 1. The van der Waals surface area contributed by atoms with E-state index in [9.17, 15) is 9.59 Å². The zero-order chi connectivity index (χ0) is 19.8. The van der Waals surface area contributed by atoms with Crippen LogP contribution < -0.4 is 5.32 Å². The summed E-state index contributed by atoms with van der Waals surface area (Å²) in [6.07, 6.45) is 0.997. The fraction of sp³-hybridized carbons (Fsp3) is 0.600. The van der Waals surface area contributed by atoms with E-state index in [0.29, 0.717) is 38.7 Å². The summed E-state index contributed by atoms with van der Waals surface area (Å²) in [7, 11) is 1.76. The number of nitrogens with one attached hydrogen (secondary N) is 1. The second kappa shape index (κ2) is 10.4. The SMILES string of the molecule is CCC(C)c1ccc(NC(=O)CN2CCOC(CN(C)CC(=O)O)C2)cc1. The molecule has 2 atom stereocenters. The number of morpholine rings is 1. The molecule has 2 rings (SSSR count). The van der Waals surface area contributed by atoms with Gasteiger partial charge in [-0.1, -0.05) is 26.0 Å². The summed E-state index contributed by atoms with van der Waals surface area (Å²) in [5, 5.41) is 11.8. The molecule has 2 N–H and O–H groups in total. The molecule has 1 saturated heterocycles. The van der Waals surface area contributed by atoms with Crippen molar-refractivity contribution in [1.29, 1.82) is 0 Å². The predicted octanol–water partition coefficient (Wildman–Crippen LogP) is 1.86. The minimum atomic E-state index is -0.858. The lowest BCUT2D eigenvalue weighted by Crippen LogP contribution is -2.49. The monoisotopic (exact) mass is 377 g/mol. The highest BCUT2D eigenvalue weighted by molar-refractivity contribution is 5.92. The summed E-state index contributed by atoms with van der Waals surface area (Å²) in [4.78, 5) is 26.9. The van der Waals surface area contributed by atoms with Crippen LogP contribution in [0.25, 0.3) is 0 Å². The number of carboxylic acid groups (broad SMARTS) is 1. The van der Waals surface area contributed by atoms with Crippen molar-refractivity contribution in [2.75, 3.05) is 51.7 Å². The van der Waals surface area contributed by atoms with Crippen LogP contribution >= 0.6 is 0 Å². The van der Waals surface area contributed by atoms with Gasteiger partial charge in [-0.05, 0) is 37.1 Å². The van der Waals surface area contributed by atoms with Crippen molar-refractivity contribution >= 4 is 17.6 Å². The van der Waals surface area contributed by atoms with Gasteiger partial charge < -0.3 is 15.2 Å². The van der Waals surface area contributed by atoms with Crippen molar-refractivity contribution in [3.63, 3.8) is 0 Å². The number of hydrogen-bond acceptors (Lipinski definition) is 5. The lowest BCUT2D eigenvalue weighted by Gasteiger charge is -2.34. The Hall–Kier alpha value is -1.96. The first-order chi connectivity index (χ1) is 12.9. The minimum Gasteiger partial charge on any atom is -0.480 e. The Morgan fingerprint density at radius 3 is 2.70 bits per heavy atom. The standard InChI is InChI=1S/C20H31N3O4/c1-4-15(2)16-5-7-17(8-6-16)21-19(24)13-23-9-10-27-18(12-23)11-22(3)14-20(25)26/h5-8,15,18H,4,9-14H2,1-3H3,(H,21,24)(H,25,26). The van der Waals surface area contributed by atoms with Gasteiger partial charge >= 0.3 is 5.97 Å². The molecule has 0 saturated carbocycles. The van der Waals surface area contributed by atoms with Crippen molar-refractivity contribution in [1.82, 2.24) is 9.80 Å². The normalized spacial score (nSPS) is 19.0. The lowest BCUT2D eigenvalue weighted by molar-refractivity contribution is -0.138. The van der Waals surface area contributed by atoms with Crippen molar-refractivity contribution in [3.05, 3.63) is 29.8 Å². The Morgan fingerprint density at radius 2 is 2.07 bits per heavy atom. The van der Waals surface area contributed by atoms with Crippen LogP contribution in [0.3, 0.4) is 0 Å². The molecule has 0 spiro atoms. The molecule has 0 bridgehead atoms. The maximum Gasteiger partial charge on any atom is 0.317 e. The molecule has 27 heavy (non-hydrogen) atoms. The number of aliphatic carboxylic acids is 1. The van der Waals surface area contributed by atoms with E-state index in [4.69, 9.17) is 9.84 Å². The Labute approximate surface area is 161 Å². The molecule has 7 heteroatoms. The molecule has 1 aromatic carbocycles. The average molecular weight is 377 g/mol. The number of nitrogens with zero attached hydrogens (tertiary/aromatic N) is 2. The third-order valence-corrected chi connectivity index (χ3v) is 4.89. The predicted molar refractivity (Wildman–Crippen MR) is 105 cm³/mol. The lowest BCUT2D eigenvalue weighted by atomic mass is 9.99. The first-order valence-corrected chi connectivity index (χ1v) is 9.51. The van der Waals surface area contributed by atoms with Crippen LogP contribution in [0.2, 0.25) is 0 Å². The second-order valence-corrected chi connectivity index (χ2v) is 7.30. The highest BCUT2D eigenvalue weighted by Gasteiger charge is 2.23. The first-order valence-electron chi connectivity index (χ1n) is 9.51. The molecule has 2 unspecified atom stereocenters. The Balaban J connectivity index is 1.80. The molecule has 1 fully saturated rings. The summed E-state index contributed by atoms with van der Waals surface area (Å²) in [6.45, 7) is 7.02. The number of anilines is 1. The highest BCUT2D eigenvalue weighted by Crippen LogP contribution is 2.20. The van der Waals surface area contributed by atoms with Crippen LogP contribution in [0.4, 0.5) is 5.69 Å². The maximum atomic E-state index is 12.3. The molecule has 0 aliphatic carbocycles. The largest absolute Gasteiger partial charge is 0.480 e. The molecule has 1 amide bonds. The number of rotatable bonds is 9. The zero-order valence-electron chi connectivity index (χ0n) is 16.5. The van der Waals surface area contributed by atoms with E-state index < -0.39 is 5.97 Å². The molecule has 0 radical (unpaired) electrons. The first kappa shape index (κ1) is 21.3. The van der Waals surface area contributed by atoms with E-state index in [0.717, 1.165) is 12.1 Å². The van der Waals surface area contributed by atoms with Crippen LogP contribution in [-0.2, 0) is 14.3 Å². The van der Waals surface area contributed by atoms with Gasteiger partial charge in [0, 0.05) is 25.3 Å². The van der Waals surface area contributed by atoms with Crippen molar-refractivity contribution in [2.24, 2.45) is 0 Å². The van der Waals surface area contributed by atoms with Crippen molar-refractivity contribution < 1.29 is 19.4 Å². The highest BCUT2D eigenvalue weighted by atomic mass is 16.5. The topological polar surface area (TPSA) is 82.1 Å². The molecular weight excluding hydrogens is 346 g/mol. The molecule has 1 aromatic rings. The number of hydrogen-bond donors (Lipinski definition) is 2. The summed E-state index contributed by atoms with van der Waals surface area (Å²) in [5.74, 6) is -0.394. The van der Waals surface area contributed by atoms with Gasteiger partial charge in [-0.25, -0.2) is 0 Å². The molecule has 1 heterocycles. The second-order valence-electron chi connectivity index (χ2n) is 7.30. The molecule has 0 aromatic heterocycles. The van der Waals surface area contributed by atoms with Gasteiger partial charge in [-0.3, -0.25) is 19.4 Å². The van der Waals surface area contributed by atoms with E-state index in [1.54, 1.807) is 11.9 Å². The average Bonchev–Trinajstić information content (AvgIpc) is 2.61. The van der Waals surface area contributed by atoms with E-state index in [2.05, 4.69) is 31.3 Å². The third-order valence-electron chi connectivity index (χ3n) is 4.89. The molecule has 1 aliphatic heterocycles. The van der Waals surface area contributed by atoms with Crippen LogP contribution in [0.15, 0.2) is 24.3 Å². The fourth-order valence-corrected chi connectivity index (χ4v) is 3.21. The van der Waals surface area contributed by atoms with Crippen LogP contribution in [0.5, 0.6) is 0 Å². The quantitative estimate of drug-likeness (QED) is 0.684. The Morgan fingerprint density at radius 1 is 1.37 bits per heavy atom. The van der Waals surface area contributed by atoms with Crippen molar-refractivity contribution in [2.45, 2.75) is 32.3 Å². The Bertz CT molecular complexity index is 620. The molecule has 1 aliphatic rings. The molecule has 150 valence electrons. The van der Waals surface area contributed by atoms with Crippen molar-refractivity contribution in [3.8, 4) is 0 Å². The number of carboxylic acids is 1. The van der Waals surface area contributed by atoms with Gasteiger partial charge in [0.15, 0.2) is 0 Å². The Kier molecular flexibility index (Phi) is 8.22. The van der Waals surface area contributed by atoms with Gasteiger partial charge in [-0.15, -0.1) is 0 Å². The van der Waals surface area contributed by atoms with Crippen LogP contribution in [-0.4, -0.2) is 79.3 Å². The van der Waals surface area contributed by atoms with E-state index >= 15 is 0 Å². The molecule has 7 nitrogen and oxygen atoms in total. The van der Waals surface area contributed by atoms with Gasteiger partial charge in [0.2, 0.25) is 5.91 Å². The number of benzene rings is 1. The number of likely N-dealkylation sites (N-methyl/N-ethyl adjacent to an activating group) is 1. The summed E-state index contributed by atoms with van der Waals surface area (Å²) < 4.78 is 5.70. The minimum absolute atomic E-state index is 0.0208. The number of carbonyl (C=O) groups excluding carboxylic acids is 1. The van der Waals surface area contributed by atoms with E-state index in [1.165, 1.54) is 5.56 Å².